The molecule has 232 valence electrons. The van der Waals surface area contributed by atoms with Crippen molar-refractivity contribution in [3.8, 4) is 11.5 Å². The Balaban J connectivity index is 1.22. The van der Waals surface area contributed by atoms with Gasteiger partial charge in [0, 0.05) is 17.5 Å². The number of hydrazone groups is 1. The van der Waals surface area contributed by atoms with Gasteiger partial charge in [0.2, 0.25) is 0 Å². The first-order valence-corrected chi connectivity index (χ1v) is 15.9. The van der Waals surface area contributed by atoms with E-state index in [2.05, 4.69) is 4.40 Å². The first-order chi connectivity index (χ1) is 22.0. The molecule has 3 aliphatic heterocycles. The lowest BCUT2D eigenvalue weighted by Crippen LogP contribution is -2.39. The van der Waals surface area contributed by atoms with Crippen LogP contribution in [0.4, 0.5) is 4.39 Å². The molecule has 4 aliphatic rings. The summed E-state index contributed by atoms with van der Waals surface area (Å²) in [6.45, 7) is -0.0978. The van der Waals surface area contributed by atoms with E-state index in [9.17, 15) is 5.11 Å². The van der Waals surface area contributed by atoms with Gasteiger partial charge >= 0.3 is 0 Å². The average molecular weight is 628 g/mol. The average Bonchev–Trinajstić information content (AvgIpc) is 3.55. The van der Waals surface area contributed by atoms with Gasteiger partial charge in [0.15, 0.2) is 12.4 Å². The van der Waals surface area contributed by atoms with Gasteiger partial charge in [0.05, 0.1) is 27.0 Å². The molecule has 45 heavy (non-hydrogen) atoms. The second kappa shape index (κ2) is 12.4. The molecule has 0 bridgehead atoms. The number of alkyl halides is 1. The smallest absolute Gasteiger partial charge is 0.184 e. The fourth-order valence-electron chi connectivity index (χ4n) is 6.50. The number of nitrogens with zero attached hydrogens (tertiary/aromatic N) is 3. The van der Waals surface area contributed by atoms with Crippen molar-refractivity contribution in [2.45, 2.75) is 43.1 Å². The molecular formula is C35H34FN3O5S. The van der Waals surface area contributed by atoms with Crippen LogP contribution in [0.25, 0.3) is 0 Å². The Bertz CT molecular complexity index is 1610. The van der Waals surface area contributed by atoms with Crippen molar-refractivity contribution in [2.75, 3.05) is 26.6 Å². The molecule has 0 aromatic heterocycles. The molecular weight excluding hydrogens is 593 g/mol. The number of ether oxygens (including phenoxy) is 4. The molecule has 0 unspecified atom stereocenters. The highest BCUT2D eigenvalue weighted by Gasteiger charge is 2.49. The maximum absolute atomic E-state index is 15.9. The van der Waals surface area contributed by atoms with Gasteiger partial charge in [-0.1, -0.05) is 54.6 Å². The summed E-state index contributed by atoms with van der Waals surface area (Å²) in [6.07, 6.45) is 0.165. The summed E-state index contributed by atoms with van der Waals surface area (Å²) in [7, 11) is 3.24. The first-order valence-electron chi connectivity index (χ1n) is 14.9. The normalized spacial score (nSPS) is 24.2. The molecule has 3 aromatic carbocycles. The third-order valence-corrected chi connectivity index (χ3v) is 9.55. The van der Waals surface area contributed by atoms with Gasteiger partial charge < -0.3 is 24.1 Å². The Morgan fingerprint density at radius 1 is 0.933 bits per heavy atom. The maximum Gasteiger partial charge on any atom is 0.184 e. The summed E-state index contributed by atoms with van der Waals surface area (Å²) in [5.74, 6) is 2.24. The van der Waals surface area contributed by atoms with Crippen molar-refractivity contribution in [3.63, 3.8) is 0 Å². The molecule has 0 amide bonds. The summed E-state index contributed by atoms with van der Waals surface area (Å²) in [5, 5.41) is 17.4. The quantitative estimate of drug-likeness (QED) is 0.237. The molecule has 3 heterocycles. The Hall–Kier alpha value is -3.96. The Kier molecular flexibility index (Phi) is 8.22. The number of halogens is 1. The van der Waals surface area contributed by atoms with Gasteiger partial charge in [-0.05, 0) is 76.9 Å². The Morgan fingerprint density at radius 2 is 1.58 bits per heavy atom. The van der Waals surface area contributed by atoms with Crippen LogP contribution in [0.5, 0.6) is 11.5 Å². The Morgan fingerprint density at radius 3 is 2.22 bits per heavy atom. The molecule has 7 rings (SSSR count). The number of aliphatic hydroxyl groups is 1. The van der Waals surface area contributed by atoms with Crippen molar-refractivity contribution in [1.82, 2.24) is 5.01 Å². The van der Waals surface area contributed by atoms with Crippen LogP contribution in [0.3, 0.4) is 0 Å². The molecule has 0 spiro atoms. The summed E-state index contributed by atoms with van der Waals surface area (Å²) >= 11 is 1.49. The van der Waals surface area contributed by atoms with Crippen LogP contribution in [0.1, 0.15) is 29.5 Å². The van der Waals surface area contributed by atoms with Crippen molar-refractivity contribution >= 4 is 23.9 Å². The number of allylic oxidation sites excluding steroid dienone is 2. The van der Waals surface area contributed by atoms with Crippen LogP contribution in [0, 0.1) is 0 Å². The number of methoxy groups -OCH3 is 2. The fraction of sp³-hybridized carbons (Fsp3) is 0.314. The van der Waals surface area contributed by atoms with Crippen LogP contribution < -0.4 is 9.47 Å². The summed E-state index contributed by atoms with van der Waals surface area (Å²) < 4.78 is 44.3. The molecule has 10 heteroatoms. The third kappa shape index (κ3) is 5.35. The second-order valence-electron chi connectivity index (χ2n) is 11.3. The SMILES string of the molecule is COc1ccc(C(OC[C@H]2O[C@@H](N3C=C4CCC5=C4C(=N3)C=NSC5)[C@H](F)[C@@H]2O)(c2ccccc2)c2ccc(OC)cc2)cc1. The van der Waals surface area contributed by atoms with E-state index < -0.39 is 30.2 Å². The van der Waals surface area contributed by atoms with Gasteiger partial charge in [-0.3, -0.25) is 0 Å². The predicted octanol–water partition coefficient (Wildman–Crippen LogP) is 5.81. The van der Waals surface area contributed by atoms with Gasteiger partial charge in [0.1, 0.15) is 35.0 Å². The maximum atomic E-state index is 15.9. The highest BCUT2D eigenvalue weighted by atomic mass is 32.2. The number of rotatable bonds is 9. The van der Waals surface area contributed by atoms with E-state index in [0.717, 1.165) is 46.4 Å². The summed E-state index contributed by atoms with van der Waals surface area (Å²) in [4.78, 5) is 0. The summed E-state index contributed by atoms with van der Waals surface area (Å²) in [5.41, 5.74) is 5.61. The van der Waals surface area contributed by atoms with Crippen molar-refractivity contribution in [1.29, 1.82) is 0 Å². The van der Waals surface area contributed by atoms with Crippen LogP contribution in [-0.2, 0) is 15.1 Å². The number of benzene rings is 3. The van der Waals surface area contributed by atoms with Crippen molar-refractivity contribution in [2.24, 2.45) is 9.50 Å². The third-order valence-electron chi connectivity index (χ3n) is 8.82. The van der Waals surface area contributed by atoms with E-state index in [1.165, 1.54) is 22.5 Å². The minimum atomic E-state index is -1.71. The van der Waals surface area contributed by atoms with Crippen molar-refractivity contribution < 1.29 is 28.4 Å². The van der Waals surface area contributed by atoms with Gasteiger partial charge in [-0.15, -0.1) is 0 Å². The highest BCUT2D eigenvalue weighted by Crippen LogP contribution is 2.43. The zero-order chi connectivity index (χ0) is 31.0. The lowest BCUT2D eigenvalue weighted by molar-refractivity contribution is -0.105. The predicted molar refractivity (Wildman–Crippen MR) is 172 cm³/mol. The van der Waals surface area contributed by atoms with E-state index in [0.29, 0.717) is 17.2 Å². The van der Waals surface area contributed by atoms with Crippen LogP contribution >= 0.6 is 11.9 Å². The molecule has 1 fully saturated rings. The molecule has 3 aromatic rings. The zero-order valence-electron chi connectivity index (χ0n) is 25.0. The Labute approximate surface area is 266 Å². The highest BCUT2D eigenvalue weighted by molar-refractivity contribution is 7.98. The molecule has 1 saturated heterocycles. The monoisotopic (exact) mass is 627 g/mol. The van der Waals surface area contributed by atoms with Gasteiger partial charge in [-0.2, -0.15) is 5.10 Å². The lowest BCUT2D eigenvalue weighted by Gasteiger charge is -2.37. The zero-order valence-corrected chi connectivity index (χ0v) is 25.8. The van der Waals surface area contributed by atoms with Gasteiger partial charge in [0.25, 0.3) is 0 Å². The minimum absolute atomic E-state index is 0.0978. The number of aliphatic hydroxyl groups excluding tert-OH is 1. The van der Waals surface area contributed by atoms with E-state index in [4.69, 9.17) is 24.0 Å². The summed E-state index contributed by atoms with van der Waals surface area (Å²) in [6, 6.07) is 25.1. The van der Waals surface area contributed by atoms with E-state index in [1.807, 2.05) is 85.1 Å². The topological polar surface area (TPSA) is 85.1 Å². The molecule has 4 atom stereocenters. The molecule has 1 N–H and O–H groups in total. The standard InChI is InChI=1S/C35H34FN3O5S/c1-41-27-14-10-25(11-15-27)35(24-6-4-3-5-7-24,26-12-16-28(42-2)17-13-26)43-20-30-33(40)32(36)34(44-30)39-19-22-8-9-23-21-45-37-18-29(38-39)31(22)23/h3-7,10-19,30,32-34,40H,8-9,20-21H2,1-2H3/t30-,32-,33-,34-/m1/s1. The molecule has 1 aliphatic carbocycles. The van der Waals surface area contributed by atoms with Crippen LogP contribution in [0.15, 0.2) is 111 Å². The molecule has 0 radical (unpaired) electrons. The van der Waals surface area contributed by atoms with E-state index in [1.54, 1.807) is 20.4 Å². The van der Waals surface area contributed by atoms with E-state index in [-0.39, 0.29) is 6.61 Å². The van der Waals surface area contributed by atoms with Gasteiger partial charge in [-0.25, -0.2) is 13.8 Å². The van der Waals surface area contributed by atoms with E-state index >= 15 is 4.39 Å². The second-order valence-corrected chi connectivity index (χ2v) is 12.1. The minimum Gasteiger partial charge on any atom is -0.497 e. The van der Waals surface area contributed by atoms with Crippen LogP contribution in [0.2, 0.25) is 0 Å². The number of hydrogen-bond donors (Lipinski definition) is 1. The lowest BCUT2D eigenvalue weighted by atomic mass is 9.80. The molecule has 8 nitrogen and oxygen atoms in total. The van der Waals surface area contributed by atoms with Crippen LogP contribution in [-0.4, -0.2) is 73.2 Å². The van der Waals surface area contributed by atoms with Crippen molar-refractivity contribution in [3.05, 3.63) is 118 Å². The fourth-order valence-corrected chi connectivity index (χ4v) is 7.20. The number of hydrogen-bond acceptors (Lipinski definition) is 9. The molecule has 0 saturated carbocycles. The largest absolute Gasteiger partial charge is 0.497 e. The first kappa shape index (κ1) is 29.7.